The zero-order valence-electron chi connectivity index (χ0n) is 15.0. The zero-order chi connectivity index (χ0) is 20.1. The summed E-state index contributed by atoms with van der Waals surface area (Å²) in [6, 6.07) is 15.5. The number of allylic oxidation sites excluding steroid dienone is 2. The van der Waals surface area contributed by atoms with Crippen LogP contribution < -0.4 is 14.8 Å². The highest BCUT2D eigenvalue weighted by Gasteiger charge is 2.13. The van der Waals surface area contributed by atoms with Gasteiger partial charge in [0.25, 0.3) is 0 Å². The van der Waals surface area contributed by atoms with Gasteiger partial charge in [0.2, 0.25) is 5.89 Å². The minimum Gasteiger partial charge on any atom is -0.493 e. The van der Waals surface area contributed by atoms with Crippen LogP contribution in [-0.2, 0) is 0 Å². The fourth-order valence-corrected chi connectivity index (χ4v) is 2.53. The molecule has 0 radical (unpaired) electrons. The highest BCUT2D eigenvalue weighted by atomic mass is 16.5. The third-order valence-electron chi connectivity index (χ3n) is 3.87. The van der Waals surface area contributed by atoms with Gasteiger partial charge in [0.05, 0.1) is 14.2 Å². The van der Waals surface area contributed by atoms with E-state index in [0.29, 0.717) is 39.7 Å². The van der Waals surface area contributed by atoms with E-state index in [1.165, 1.54) is 0 Å². The fourth-order valence-electron chi connectivity index (χ4n) is 2.53. The Kier molecular flexibility index (Phi) is 5.12. The summed E-state index contributed by atoms with van der Waals surface area (Å²) in [6.45, 7) is 0. The van der Waals surface area contributed by atoms with Crippen molar-refractivity contribution in [3.8, 4) is 41.2 Å². The predicted octanol–water partition coefficient (Wildman–Crippen LogP) is 3.75. The molecule has 28 heavy (non-hydrogen) atoms. The number of oxazole rings is 1. The molecule has 3 rings (SSSR count). The Morgan fingerprint density at radius 1 is 0.964 bits per heavy atom. The molecular weight excluding hydrogens is 358 g/mol. The largest absolute Gasteiger partial charge is 0.493 e. The van der Waals surface area contributed by atoms with Crippen molar-refractivity contribution in [1.29, 1.82) is 15.8 Å². The lowest BCUT2D eigenvalue weighted by Gasteiger charge is -2.07. The first-order valence-electron chi connectivity index (χ1n) is 7.98. The molecule has 0 saturated carbocycles. The number of hydrogen-bond acceptors (Lipinski definition) is 8. The van der Waals surface area contributed by atoms with Crippen molar-refractivity contribution in [2.75, 3.05) is 19.5 Å². The van der Waals surface area contributed by atoms with Crippen molar-refractivity contribution >= 4 is 16.8 Å². The van der Waals surface area contributed by atoms with Crippen molar-refractivity contribution in [2.45, 2.75) is 0 Å². The van der Waals surface area contributed by atoms with Crippen LogP contribution in [0.1, 0.15) is 0 Å². The van der Waals surface area contributed by atoms with Crippen LogP contribution in [0.25, 0.3) is 22.6 Å². The molecule has 1 heterocycles. The maximum atomic E-state index is 9.15. The highest BCUT2D eigenvalue weighted by molar-refractivity contribution is 5.81. The van der Waals surface area contributed by atoms with Gasteiger partial charge in [0.1, 0.15) is 29.4 Å². The van der Waals surface area contributed by atoms with E-state index in [0.717, 1.165) is 0 Å². The van der Waals surface area contributed by atoms with Crippen LogP contribution in [0.3, 0.4) is 0 Å². The number of anilines is 1. The molecule has 0 aliphatic rings. The number of methoxy groups -OCH3 is 2. The van der Waals surface area contributed by atoms with Crippen LogP contribution in [0.5, 0.6) is 11.5 Å². The number of hydrogen-bond donors (Lipinski definition) is 1. The molecule has 3 aromatic rings. The molecule has 0 unspecified atom stereocenters. The van der Waals surface area contributed by atoms with Gasteiger partial charge in [0, 0.05) is 11.3 Å². The Bertz CT molecular complexity index is 1190. The van der Waals surface area contributed by atoms with Crippen molar-refractivity contribution in [3.05, 3.63) is 47.7 Å². The summed E-state index contributed by atoms with van der Waals surface area (Å²) in [6.07, 6.45) is 0. The predicted molar refractivity (Wildman–Crippen MR) is 100 cm³/mol. The Labute approximate surface area is 160 Å². The van der Waals surface area contributed by atoms with Gasteiger partial charge < -0.3 is 19.2 Å². The van der Waals surface area contributed by atoms with E-state index in [9.17, 15) is 0 Å². The standard InChI is InChI=1S/C20H13N5O3/c1-26-18-5-3-12(7-19(18)27-2)20-25-15-8-14(4-6-17(15)28-20)24-16(11-23)13(9-21)10-22/h3-8,24H,1-2H3. The van der Waals surface area contributed by atoms with Gasteiger partial charge in [-0.05, 0) is 36.4 Å². The normalized spacial score (nSPS) is 9.68. The topological polar surface area (TPSA) is 128 Å². The maximum Gasteiger partial charge on any atom is 0.227 e. The highest BCUT2D eigenvalue weighted by Crippen LogP contribution is 2.33. The average Bonchev–Trinajstić information content (AvgIpc) is 3.16. The third kappa shape index (κ3) is 3.41. The lowest BCUT2D eigenvalue weighted by Crippen LogP contribution is -2.00. The smallest absolute Gasteiger partial charge is 0.227 e. The third-order valence-corrected chi connectivity index (χ3v) is 3.87. The maximum absolute atomic E-state index is 9.15. The summed E-state index contributed by atoms with van der Waals surface area (Å²) in [5, 5.41) is 29.7. The molecule has 0 bridgehead atoms. The molecule has 8 nitrogen and oxygen atoms in total. The van der Waals surface area contributed by atoms with E-state index in [1.807, 2.05) is 6.07 Å². The molecular formula is C20H13N5O3. The SMILES string of the molecule is COc1ccc(-c2nc3cc(NC(C#N)=C(C#N)C#N)ccc3o2)cc1OC. The van der Waals surface area contributed by atoms with E-state index in [-0.39, 0.29) is 11.3 Å². The minimum absolute atomic E-state index is 0.132. The number of nitrogens with one attached hydrogen (secondary N) is 1. The minimum atomic E-state index is -0.297. The summed E-state index contributed by atoms with van der Waals surface area (Å²) < 4.78 is 16.3. The van der Waals surface area contributed by atoms with Crippen molar-refractivity contribution in [2.24, 2.45) is 0 Å². The number of nitriles is 3. The van der Waals surface area contributed by atoms with E-state index >= 15 is 0 Å². The molecule has 1 N–H and O–H groups in total. The van der Waals surface area contributed by atoms with Gasteiger partial charge in [-0.2, -0.15) is 15.8 Å². The summed E-state index contributed by atoms with van der Waals surface area (Å²) in [5.41, 5.74) is 1.86. The summed E-state index contributed by atoms with van der Waals surface area (Å²) in [4.78, 5) is 4.46. The second-order valence-corrected chi connectivity index (χ2v) is 5.48. The second kappa shape index (κ2) is 7.82. The quantitative estimate of drug-likeness (QED) is 0.672. The molecule has 136 valence electrons. The first-order chi connectivity index (χ1) is 13.6. The van der Waals surface area contributed by atoms with Crippen LogP contribution >= 0.6 is 0 Å². The van der Waals surface area contributed by atoms with Gasteiger partial charge in [0.15, 0.2) is 22.7 Å². The number of nitrogens with zero attached hydrogens (tertiary/aromatic N) is 4. The van der Waals surface area contributed by atoms with E-state index in [1.54, 1.807) is 62.8 Å². The number of aromatic nitrogens is 1. The Morgan fingerprint density at radius 3 is 2.36 bits per heavy atom. The number of ether oxygens (including phenoxy) is 2. The van der Waals surface area contributed by atoms with E-state index in [2.05, 4.69) is 10.3 Å². The molecule has 0 amide bonds. The first-order valence-corrected chi connectivity index (χ1v) is 7.98. The van der Waals surface area contributed by atoms with E-state index in [4.69, 9.17) is 29.7 Å². The van der Waals surface area contributed by atoms with Crippen LogP contribution in [0, 0.1) is 34.0 Å². The fraction of sp³-hybridized carbons (Fsp3) is 0.100. The van der Waals surface area contributed by atoms with Gasteiger partial charge in [-0.3, -0.25) is 0 Å². The van der Waals surface area contributed by atoms with Gasteiger partial charge in [-0.25, -0.2) is 4.98 Å². The Hall–Kier alpha value is -4.48. The summed E-state index contributed by atoms with van der Waals surface area (Å²) >= 11 is 0. The molecule has 0 fully saturated rings. The van der Waals surface area contributed by atoms with Crippen LogP contribution in [0.4, 0.5) is 5.69 Å². The van der Waals surface area contributed by atoms with E-state index < -0.39 is 0 Å². The van der Waals surface area contributed by atoms with Gasteiger partial charge in [-0.1, -0.05) is 0 Å². The van der Waals surface area contributed by atoms with Crippen molar-refractivity contribution < 1.29 is 13.9 Å². The molecule has 0 saturated heterocycles. The molecule has 8 heteroatoms. The first kappa shape index (κ1) is 18.3. The summed E-state index contributed by atoms with van der Waals surface area (Å²) in [7, 11) is 3.10. The summed E-state index contributed by atoms with van der Waals surface area (Å²) in [5.74, 6) is 1.53. The number of rotatable bonds is 5. The zero-order valence-corrected chi connectivity index (χ0v) is 15.0. The average molecular weight is 371 g/mol. The van der Waals surface area contributed by atoms with Crippen molar-refractivity contribution in [1.82, 2.24) is 4.98 Å². The van der Waals surface area contributed by atoms with Crippen LogP contribution in [0.2, 0.25) is 0 Å². The second-order valence-electron chi connectivity index (χ2n) is 5.48. The molecule has 0 aliphatic carbocycles. The van der Waals surface area contributed by atoms with Crippen LogP contribution in [0.15, 0.2) is 52.1 Å². The Morgan fingerprint density at radius 2 is 1.71 bits per heavy atom. The lowest BCUT2D eigenvalue weighted by molar-refractivity contribution is 0.355. The van der Waals surface area contributed by atoms with Crippen LogP contribution in [-0.4, -0.2) is 19.2 Å². The van der Waals surface area contributed by atoms with Gasteiger partial charge in [-0.15, -0.1) is 0 Å². The monoisotopic (exact) mass is 371 g/mol. The lowest BCUT2D eigenvalue weighted by atomic mass is 10.2. The molecule has 1 aromatic heterocycles. The molecule has 2 aromatic carbocycles. The molecule has 0 atom stereocenters. The van der Waals surface area contributed by atoms with Gasteiger partial charge >= 0.3 is 0 Å². The molecule has 0 spiro atoms. The number of fused-ring (bicyclic) bond motifs is 1. The Balaban J connectivity index is 1.98. The van der Waals surface area contributed by atoms with Crippen molar-refractivity contribution in [3.63, 3.8) is 0 Å². The number of benzene rings is 2. The molecule has 0 aliphatic heterocycles.